The summed E-state index contributed by atoms with van der Waals surface area (Å²) < 4.78 is 0. The number of benzene rings is 1. The number of aryl methyl sites for hydroxylation is 3. The topological polar surface area (TPSA) is 77.3 Å². The van der Waals surface area contributed by atoms with Gasteiger partial charge in [0.05, 0.1) is 6.54 Å². The maximum absolute atomic E-state index is 13.1. The quantitative estimate of drug-likeness (QED) is 0.600. The van der Waals surface area contributed by atoms with Gasteiger partial charge in [0, 0.05) is 23.4 Å². The number of aromatic hydroxyl groups is 1. The number of unbranched alkanes of at least 4 members (excludes halogenated alkanes) is 2. The highest BCUT2D eigenvalue weighted by molar-refractivity contribution is 6.04. The number of carbonyl (C=O) groups is 1. The first kappa shape index (κ1) is 21.0. The number of phenolic OH excluding ortho intramolecular Hbond substituents is 1. The van der Waals surface area contributed by atoms with E-state index in [1.165, 1.54) is 0 Å². The first-order valence-corrected chi connectivity index (χ1v) is 10.6. The molecule has 0 aliphatic carbocycles. The zero-order valence-electron chi connectivity index (χ0n) is 17.7. The Hall–Kier alpha value is -2.69. The first-order chi connectivity index (χ1) is 13.9. The normalized spacial score (nSPS) is 13.1. The molecular weight excluding hydrogens is 362 g/mol. The van der Waals surface area contributed by atoms with Gasteiger partial charge in [-0.05, 0) is 61.9 Å². The average Bonchev–Trinajstić information content (AvgIpc) is 3.01. The van der Waals surface area contributed by atoms with Crippen molar-refractivity contribution in [3.8, 4) is 5.75 Å². The molecule has 1 aliphatic heterocycles. The summed E-state index contributed by atoms with van der Waals surface area (Å²) in [6.45, 7) is 6.84. The molecule has 1 aliphatic rings. The number of hydrogen-bond acceptors (Lipinski definition) is 4. The lowest BCUT2D eigenvalue weighted by molar-refractivity contribution is 0.0962. The van der Waals surface area contributed by atoms with Crippen molar-refractivity contribution in [1.29, 1.82) is 5.41 Å². The van der Waals surface area contributed by atoms with Gasteiger partial charge >= 0.3 is 0 Å². The fraction of sp³-hybridized carbons (Fsp3) is 0.458. The molecule has 0 bridgehead atoms. The summed E-state index contributed by atoms with van der Waals surface area (Å²) >= 11 is 0. The smallest absolute Gasteiger partial charge is 0.182 e. The highest BCUT2D eigenvalue weighted by Gasteiger charge is 2.27. The second-order valence-corrected chi connectivity index (χ2v) is 7.94. The third-order valence-electron chi connectivity index (χ3n) is 5.54. The number of carbonyl (C=O) groups excluding carboxylic acids is 1. The van der Waals surface area contributed by atoms with Crippen molar-refractivity contribution >= 4 is 11.6 Å². The van der Waals surface area contributed by atoms with Crippen LogP contribution in [-0.2, 0) is 19.4 Å². The van der Waals surface area contributed by atoms with Gasteiger partial charge in [-0.2, -0.15) is 0 Å². The number of phenols is 1. The van der Waals surface area contributed by atoms with E-state index in [0.717, 1.165) is 60.9 Å². The number of rotatable bonds is 9. The number of hydrogen-bond donors (Lipinski definition) is 2. The number of fused-ring (bicyclic) bond motifs is 1. The third-order valence-corrected chi connectivity index (χ3v) is 5.54. The molecule has 1 aromatic heterocycles. The molecule has 0 unspecified atom stereocenters. The van der Waals surface area contributed by atoms with Gasteiger partial charge in [-0.3, -0.25) is 10.2 Å². The highest BCUT2D eigenvalue weighted by atomic mass is 16.3. The van der Waals surface area contributed by atoms with Gasteiger partial charge in [-0.15, -0.1) is 0 Å². The Labute approximate surface area is 173 Å². The summed E-state index contributed by atoms with van der Waals surface area (Å²) in [5.74, 6) is 0.646. The van der Waals surface area contributed by atoms with Gasteiger partial charge in [0.15, 0.2) is 5.78 Å². The van der Waals surface area contributed by atoms with Crippen LogP contribution >= 0.6 is 0 Å². The molecular formula is C24H31N3O2. The Kier molecular flexibility index (Phi) is 6.68. The lowest BCUT2D eigenvalue weighted by atomic mass is 9.95. The predicted molar refractivity (Wildman–Crippen MR) is 116 cm³/mol. The molecule has 2 aromatic rings. The first-order valence-electron chi connectivity index (χ1n) is 10.6. The monoisotopic (exact) mass is 393 g/mol. The van der Waals surface area contributed by atoms with Gasteiger partial charge in [0.25, 0.3) is 0 Å². The number of ketones is 1. The van der Waals surface area contributed by atoms with Crippen molar-refractivity contribution in [2.75, 3.05) is 6.54 Å². The van der Waals surface area contributed by atoms with Crippen LogP contribution in [0.5, 0.6) is 5.75 Å². The molecule has 5 heteroatoms. The Balaban J connectivity index is 1.82. The van der Waals surface area contributed by atoms with Crippen molar-refractivity contribution in [3.05, 3.63) is 57.9 Å². The van der Waals surface area contributed by atoms with E-state index >= 15 is 0 Å². The van der Waals surface area contributed by atoms with Gasteiger partial charge in [0.2, 0.25) is 0 Å². The Morgan fingerprint density at radius 2 is 1.76 bits per heavy atom. The fourth-order valence-corrected chi connectivity index (χ4v) is 3.79. The van der Waals surface area contributed by atoms with Gasteiger partial charge in [-0.25, -0.2) is 4.98 Å². The standard InChI is InChI=1S/C24H31N3O2/c1-4-6-8-17-12-20(13-18(23(17)29)9-7-5-2)21(28)15-27-14-19-11-10-16(3)26-22(19)24(27)25/h10-13,25,29H,4-9,14-15H2,1-3H3. The second kappa shape index (κ2) is 9.21. The van der Waals surface area contributed by atoms with Gasteiger partial charge in [-0.1, -0.05) is 32.8 Å². The van der Waals surface area contributed by atoms with Crippen LogP contribution in [0.25, 0.3) is 0 Å². The predicted octanol–water partition coefficient (Wildman–Crippen LogP) is 4.80. The number of aromatic nitrogens is 1. The summed E-state index contributed by atoms with van der Waals surface area (Å²) in [5.41, 5.74) is 4.90. The minimum Gasteiger partial charge on any atom is -0.507 e. The molecule has 0 amide bonds. The fourth-order valence-electron chi connectivity index (χ4n) is 3.79. The molecule has 0 spiro atoms. The molecule has 154 valence electrons. The Bertz CT molecular complexity index is 891. The van der Waals surface area contributed by atoms with E-state index in [-0.39, 0.29) is 12.3 Å². The van der Waals surface area contributed by atoms with Crippen LogP contribution in [0.2, 0.25) is 0 Å². The van der Waals surface area contributed by atoms with Crippen LogP contribution in [0.1, 0.15) is 78.0 Å². The summed E-state index contributed by atoms with van der Waals surface area (Å²) in [6.07, 6.45) is 5.59. The number of Topliss-reactive ketones (excluding diaryl/α,β-unsaturated/α-hetero) is 1. The van der Waals surface area contributed by atoms with Crippen molar-refractivity contribution in [2.24, 2.45) is 0 Å². The zero-order valence-corrected chi connectivity index (χ0v) is 17.7. The molecule has 0 fully saturated rings. The Morgan fingerprint density at radius 3 is 2.34 bits per heavy atom. The van der Waals surface area contributed by atoms with Gasteiger partial charge in [0.1, 0.15) is 17.3 Å². The molecule has 29 heavy (non-hydrogen) atoms. The SMILES string of the molecule is CCCCc1cc(C(=O)CN2Cc3ccc(C)nc3C2=N)cc(CCCC)c1O. The van der Waals surface area contributed by atoms with E-state index < -0.39 is 0 Å². The van der Waals surface area contributed by atoms with Crippen LogP contribution in [0.3, 0.4) is 0 Å². The van der Waals surface area contributed by atoms with Crippen molar-refractivity contribution in [2.45, 2.75) is 65.8 Å². The molecule has 2 N–H and O–H groups in total. The number of pyridine rings is 1. The minimum absolute atomic E-state index is 0.0187. The number of nitrogens with zero attached hydrogens (tertiary/aromatic N) is 2. The van der Waals surface area contributed by atoms with E-state index in [1.54, 1.807) is 4.90 Å². The zero-order chi connectivity index (χ0) is 21.0. The van der Waals surface area contributed by atoms with E-state index in [2.05, 4.69) is 18.8 Å². The maximum Gasteiger partial charge on any atom is 0.182 e. The second-order valence-electron chi connectivity index (χ2n) is 7.94. The van der Waals surface area contributed by atoms with Crippen molar-refractivity contribution in [3.63, 3.8) is 0 Å². The van der Waals surface area contributed by atoms with E-state index in [9.17, 15) is 9.90 Å². The van der Waals surface area contributed by atoms with Crippen molar-refractivity contribution < 1.29 is 9.90 Å². The van der Waals surface area contributed by atoms with Crippen molar-refractivity contribution in [1.82, 2.24) is 9.88 Å². The molecule has 0 saturated heterocycles. The third kappa shape index (κ3) is 4.66. The molecule has 3 rings (SSSR count). The summed E-state index contributed by atoms with van der Waals surface area (Å²) in [6, 6.07) is 7.62. The molecule has 1 aromatic carbocycles. The molecule has 2 heterocycles. The van der Waals surface area contributed by atoms with Crippen LogP contribution in [-0.4, -0.2) is 33.2 Å². The average molecular weight is 394 g/mol. The number of nitrogens with one attached hydrogen (secondary N) is 1. The molecule has 0 atom stereocenters. The Morgan fingerprint density at radius 1 is 1.14 bits per heavy atom. The molecule has 0 radical (unpaired) electrons. The van der Waals surface area contributed by atoms with Crippen LogP contribution in [0.4, 0.5) is 0 Å². The van der Waals surface area contributed by atoms with Crippen LogP contribution in [0.15, 0.2) is 24.3 Å². The van der Waals surface area contributed by atoms with Crippen LogP contribution < -0.4 is 0 Å². The summed E-state index contributed by atoms with van der Waals surface area (Å²) in [4.78, 5) is 19.3. The lowest BCUT2D eigenvalue weighted by Crippen LogP contribution is -2.30. The van der Waals surface area contributed by atoms with E-state index in [4.69, 9.17) is 5.41 Å². The maximum atomic E-state index is 13.1. The summed E-state index contributed by atoms with van der Waals surface area (Å²) in [5, 5.41) is 19.1. The lowest BCUT2D eigenvalue weighted by Gasteiger charge is -2.18. The number of amidine groups is 1. The molecule has 0 saturated carbocycles. The van der Waals surface area contributed by atoms with Crippen LogP contribution in [0, 0.1) is 12.3 Å². The highest BCUT2D eigenvalue weighted by Crippen LogP contribution is 2.29. The molecule has 5 nitrogen and oxygen atoms in total. The largest absolute Gasteiger partial charge is 0.507 e. The summed E-state index contributed by atoms with van der Waals surface area (Å²) in [7, 11) is 0. The van der Waals surface area contributed by atoms with E-state index in [1.807, 2.05) is 31.2 Å². The minimum atomic E-state index is -0.0187. The van der Waals surface area contributed by atoms with E-state index in [0.29, 0.717) is 29.4 Å². The van der Waals surface area contributed by atoms with Gasteiger partial charge < -0.3 is 10.0 Å².